The molecule has 0 fully saturated rings. The first-order valence-electron chi connectivity index (χ1n) is 7.09. The number of nitro groups is 1. The van der Waals surface area contributed by atoms with Crippen molar-refractivity contribution in [2.45, 2.75) is 34.1 Å². The minimum Gasteiger partial charge on any atom is -0.313 e. The van der Waals surface area contributed by atoms with Crippen molar-refractivity contribution in [3.8, 4) is 0 Å². The fraction of sp³-hybridized carbons (Fsp3) is 0.500. The highest BCUT2D eigenvalue weighted by atomic mass is 16.6. The van der Waals surface area contributed by atoms with Gasteiger partial charge in [-0.05, 0) is 31.4 Å². The van der Waals surface area contributed by atoms with Gasteiger partial charge in [-0.3, -0.25) is 10.1 Å². The second-order valence-corrected chi connectivity index (χ2v) is 5.48. The quantitative estimate of drug-likeness (QED) is 0.606. The Bertz CT molecular complexity index is 493. The minimum absolute atomic E-state index is 0.185. The first kappa shape index (κ1) is 16.4. The van der Waals surface area contributed by atoms with E-state index in [1.807, 2.05) is 12.1 Å². The number of nitrogens with one attached hydrogen (secondary N) is 1. The fourth-order valence-electron chi connectivity index (χ4n) is 1.95. The zero-order valence-corrected chi connectivity index (χ0v) is 12.8. The van der Waals surface area contributed by atoms with Gasteiger partial charge in [-0.1, -0.05) is 44.6 Å². The van der Waals surface area contributed by atoms with Crippen LogP contribution in [0.3, 0.4) is 0 Å². The molecule has 1 aromatic carbocycles. The Kier molecular flexibility index (Phi) is 6.39. The standard InChI is InChI=1S/C16H24N2O2/c1-5-14(11-17-10-12(2)3)8-15-7-6-13(4)16(9-15)18(19)20/h6-9,12,17H,5,10-11H2,1-4H3. The lowest BCUT2D eigenvalue weighted by atomic mass is 10.1. The van der Waals surface area contributed by atoms with E-state index < -0.39 is 0 Å². The number of benzene rings is 1. The van der Waals surface area contributed by atoms with Crippen LogP contribution < -0.4 is 5.32 Å². The molecule has 1 aromatic rings. The summed E-state index contributed by atoms with van der Waals surface area (Å²) in [6, 6.07) is 5.38. The molecule has 0 bridgehead atoms. The summed E-state index contributed by atoms with van der Waals surface area (Å²) in [5.74, 6) is 0.619. The highest BCUT2D eigenvalue weighted by molar-refractivity contribution is 5.58. The number of rotatable bonds is 7. The topological polar surface area (TPSA) is 55.2 Å². The van der Waals surface area contributed by atoms with Crippen LogP contribution in [0.25, 0.3) is 6.08 Å². The fourth-order valence-corrected chi connectivity index (χ4v) is 1.95. The molecule has 0 aliphatic rings. The zero-order valence-electron chi connectivity index (χ0n) is 12.8. The van der Waals surface area contributed by atoms with Gasteiger partial charge in [0.25, 0.3) is 5.69 Å². The van der Waals surface area contributed by atoms with Crippen LogP contribution in [0.2, 0.25) is 0 Å². The molecule has 0 amide bonds. The SMILES string of the molecule is CCC(=Cc1ccc(C)c([N+](=O)[O-])c1)CNCC(C)C. The van der Waals surface area contributed by atoms with Crippen molar-refractivity contribution in [2.75, 3.05) is 13.1 Å². The van der Waals surface area contributed by atoms with Crippen molar-refractivity contribution in [3.05, 3.63) is 45.0 Å². The molecule has 110 valence electrons. The van der Waals surface area contributed by atoms with Gasteiger partial charge < -0.3 is 5.32 Å². The molecule has 4 heteroatoms. The molecular formula is C16H24N2O2. The van der Waals surface area contributed by atoms with E-state index in [4.69, 9.17) is 0 Å². The van der Waals surface area contributed by atoms with Gasteiger partial charge in [0, 0.05) is 18.2 Å². The summed E-state index contributed by atoms with van der Waals surface area (Å²) in [4.78, 5) is 10.6. The molecule has 0 saturated carbocycles. The van der Waals surface area contributed by atoms with E-state index in [-0.39, 0.29) is 10.6 Å². The highest BCUT2D eigenvalue weighted by Crippen LogP contribution is 2.21. The average Bonchev–Trinajstić information content (AvgIpc) is 2.38. The number of nitrogens with zero attached hydrogens (tertiary/aromatic N) is 1. The van der Waals surface area contributed by atoms with Crippen molar-refractivity contribution in [3.63, 3.8) is 0 Å². The van der Waals surface area contributed by atoms with Crippen LogP contribution >= 0.6 is 0 Å². The third-order valence-corrected chi connectivity index (χ3v) is 3.16. The maximum absolute atomic E-state index is 10.9. The summed E-state index contributed by atoms with van der Waals surface area (Å²) in [5, 5.41) is 14.4. The Morgan fingerprint density at radius 1 is 1.45 bits per heavy atom. The first-order chi connectivity index (χ1) is 9.43. The molecule has 0 radical (unpaired) electrons. The van der Waals surface area contributed by atoms with Gasteiger partial charge in [0.05, 0.1) is 4.92 Å². The summed E-state index contributed by atoms with van der Waals surface area (Å²) in [7, 11) is 0. The number of hydrogen-bond acceptors (Lipinski definition) is 3. The van der Waals surface area contributed by atoms with E-state index >= 15 is 0 Å². The maximum atomic E-state index is 10.9. The Morgan fingerprint density at radius 3 is 2.70 bits per heavy atom. The van der Waals surface area contributed by atoms with E-state index in [1.54, 1.807) is 19.1 Å². The van der Waals surface area contributed by atoms with Crippen molar-refractivity contribution in [1.29, 1.82) is 0 Å². The number of hydrogen-bond donors (Lipinski definition) is 1. The maximum Gasteiger partial charge on any atom is 0.272 e. The summed E-state index contributed by atoms with van der Waals surface area (Å²) < 4.78 is 0. The molecule has 20 heavy (non-hydrogen) atoms. The second-order valence-electron chi connectivity index (χ2n) is 5.48. The van der Waals surface area contributed by atoms with Gasteiger partial charge in [0.15, 0.2) is 0 Å². The van der Waals surface area contributed by atoms with Gasteiger partial charge in [-0.25, -0.2) is 0 Å². The molecule has 4 nitrogen and oxygen atoms in total. The van der Waals surface area contributed by atoms with Crippen molar-refractivity contribution in [1.82, 2.24) is 5.32 Å². The normalized spacial score (nSPS) is 11.9. The summed E-state index contributed by atoms with van der Waals surface area (Å²) in [6.07, 6.45) is 2.98. The average molecular weight is 276 g/mol. The molecule has 0 atom stereocenters. The monoisotopic (exact) mass is 276 g/mol. The molecular weight excluding hydrogens is 252 g/mol. The van der Waals surface area contributed by atoms with Crippen molar-refractivity contribution < 1.29 is 4.92 Å². The van der Waals surface area contributed by atoms with Crippen LogP contribution in [-0.2, 0) is 0 Å². The first-order valence-corrected chi connectivity index (χ1v) is 7.09. The molecule has 0 saturated heterocycles. The number of nitro benzene ring substituents is 1. The Labute approximate surface area is 121 Å². The molecule has 0 spiro atoms. The van der Waals surface area contributed by atoms with E-state index in [1.165, 1.54) is 5.57 Å². The predicted octanol–water partition coefficient (Wildman–Crippen LogP) is 3.94. The second kappa shape index (κ2) is 7.80. The molecule has 0 aliphatic heterocycles. The third kappa shape index (κ3) is 5.13. The minimum atomic E-state index is -0.324. The number of aryl methyl sites for hydroxylation is 1. The molecule has 0 aliphatic carbocycles. The molecule has 1 rings (SSSR count). The van der Waals surface area contributed by atoms with E-state index in [2.05, 4.69) is 26.1 Å². The molecule has 1 N–H and O–H groups in total. The Morgan fingerprint density at radius 2 is 2.15 bits per heavy atom. The third-order valence-electron chi connectivity index (χ3n) is 3.16. The summed E-state index contributed by atoms with van der Waals surface area (Å²) in [5.41, 5.74) is 3.03. The van der Waals surface area contributed by atoms with Crippen molar-refractivity contribution in [2.24, 2.45) is 5.92 Å². The van der Waals surface area contributed by atoms with E-state index in [0.717, 1.165) is 25.1 Å². The summed E-state index contributed by atoms with van der Waals surface area (Å²) in [6.45, 7) is 10.0. The zero-order chi connectivity index (χ0) is 15.1. The lowest BCUT2D eigenvalue weighted by molar-refractivity contribution is -0.385. The largest absolute Gasteiger partial charge is 0.313 e. The predicted molar refractivity (Wildman–Crippen MR) is 83.8 cm³/mol. The lowest BCUT2D eigenvalue weighted by Gasteiger charge is -2.09. The van der Waals surface area contributed by atoms with Gasteiger partial charge in [-0.15, -0.1) is 0 Å². The van der Waals surface area contributed by atoms with Gasteiger partial charge >= 0.3 is 0 Å². The van der Waals surface area contributed by atoms with Gasteiger partial charge in [0.1, 0.15) is 0 Å². The van der Waals surface area contributed by atoms with Crippen molar-refractivity contribution >= 4 is 11.8 Å². The van der Waals surface area contributed by atoms with E-state index in [9.17, 15) is 10.1 Å². The van der Waals surface area contributed by atoms with Gasteiger partial charge in [-0.2, -0.15) is 0 Å². The van der Waals surface area contributed by atoms with Crippen LogP contribution in [0.4, 0.5) is 5.69 Å². The van der Waals surface area contributed by atoms with Gasteiger partial charge in [0.2, 0.25) is 0 Å². The summed E-state index contributed by atoms with van der Waals surface area (Å²) >= 11 is 0. The molecule has 0 unspecified atom stereocenters. The smallest absolute Gasteiger partial charge is 0.272 e. The Balaban J connectivity index is 2.84. The van der Waals surface area contributed by atoms with Crippen LogP contribution in [0.15, 0.2) is 23.8 Å². The van der Waals surface area contributed by atoms with Crippen LogP contribution in [0.1, 0.15) is 38.3 Å². The Hall–Kier alpha value is -1.68. The molecule has 0 aromatic heterocycles. The van der Waals surface area contributed by atoms with Crippen LogP contribution in [0, 0.1) is 23.0 Å². The molecule has 0 heterocycles. The van der Waals surface area contributed by atoms with Crippen LogP contribution in [-0.4, -0.2) is 18.0 Å². The van der Waals surface area contributed by atoms with Crippen LogP contribution in [0.5, 0.6) is 0 Å². The highest BCUT2D eigenvalue weighted by Gasteiger charge is 2.10. The lowest BCUT2D eigenvalue weighted by Crippen LogP contribution is -2.21. The van der Waals surface area contributed by atoms with E-state index in [0.29, 0.717) is 11.5 Å².